The summed E-state index contributed by atoms with van der Waals surface area (Å²) in [6.07, 6.45) is 0. The molecule has 2 heterocycles. The number of anilines is 2. The van der Waals surface area contributed by atoms with Gasteiger partial charge in [0.15, 0.2) is 0 Å². The molecule has 0 unspecified atom stereocenters. The summed E-state index contributed by atoms with van der Waals surface area (Å²) in [4.78, 5) is 13.9. The van der Waals surface area contributed by atoms with Gasteiger partial charge in [-0.3, -0.25) is 4.79 Å². The monoisotopic (exact) mass is 290 g/mol. The van der Waals surface area contributed by atoms with Crippen LogP contribution in [0.1, 0.15) is 10.4 Å². The summed E-state index contributed by atoms with van der Waals surface area (Å²) in [5.74, 6) is 0.581. The molecule has 1 aromatic carbocycles. The van der Waals surface area contributed by atoms with E-state index in [1.807, 2.05) is 6.07 Å². The van der Waals surface area contributed by atoms with E-state index in [9.17, 15) is 4.79 Å². The van der Waals surface area contributed by atoms with E-state index in [1.54, 1.807) is 23.1 Å². The number of carbonyl (C=O) groups is 1. The van der Waals surface area contributed by atoms with E-state index >= 15 is 0 Å². The van der Waals surface area contributed by atoms with Crippen LogP contribution >= 0.6 is 23.1 Å². The Bertz CT molecular complexity index is 622. The maximum atomic E-state index is 11.4. The predicted molar refractivity (Wildman–Crippen MR) is 82.2 cm³/mol. The highest BCUT2D eigenvalue weighted by Crippen LogP contribution is 2.33. The third-order valence-corrected chi connectivity index (χ3v) is 5.13. The van der Waals surface area contributed by atoms with Crippen molar-refractivity contribution in [3.8, 4) is 0 Å². The number of aryl methyl sites for hydroxylation is 1. The Kier molecular flexibility index (Phi) is 3.48. The average molecular weight is 290 g/mol. The first-order valence-corrected chi connectivity index (χ1v) is 7.92. The van der Waals surface area contributed by atoms with Crippen molar-refractivity contribution in [2.75, 3.05) is 16.4 Å². The second-order valence-electron chi connectivity index (χ2n) is 4.43. The number of thioether (sulfide) groups is 1. The van der Waals surface area contributed by atoms with Gasteiger partial charge < -0.3 is 10.6 Å². The van der Waals surface area contributed by atoms with Crippen molar-refractivity contribution in [1.82, 2.24) is 0 Å². The normalized spacial score (nSPS) is 13.8. The van der Waals surface area contributed by atoms with E-state index in [0.29, 0.717) is 5.75 Å². The van der Waals surface area contributed by atoms with Crippen LogP contribution in [0, 0.1) is 6.92 Å². The lowest BCUT2D eigenvalue weighted by atomic mass is 10.2. The largest absolute Gasteiger partial charge is 0.380 e. The zero-order valence-corrected chi connectivity index (χ0v) is 12.2. The van der Waals surface area contributed by atoms with Crippen LogP contribution in [0.15, 0.2) is 34.5 Å². The van der Waals surface area contributed by atoms with Crippen LogP contribution in [0.25, 0.3) is 0 Å². The summed E-state index contributed by atoms with van der Waals surface area (Å²) in [5.41, 5.74) is 3.27. The van der Waals surface area contributed by atoms with E-state index in [4.69, 9.17) is 0 Å². The number of carbonyl (C=O) groups excluding carboxylic acids is 1. The van der Waals surface area contributed by atoms with Crippen LogP contribution in [0.4, 0.5) is 11.4 Å². The summed E-state index contributed by atoms with van der Waals surface area (Å²) in [6, 6.07) is 8.25. The SMILES string of the molecule is Cc1ccsc1CNc1ccc2c(c1)NC(=O)CS2. The number of hydrogen-bond donors (Lipinski definition) is 2. The molecule has 1 aliphatic rings. The molecule has 3 nitrogen and oxygen atoms in total. The second kappa shape index (κ2) is 5.27. The fourth-order valence-corrected chi connectivity index (χ4v) is 3.59. The van der Waals surface area contributed by atoms with E-state index in [-0.39, 0.29) is 5.91 Å². The highest BCUT2D eigenvalue weighted by atomic mass is 32.2. The number of rotatable bonds is 3. The lowest BCUT2D eigenvalue weighted by Crippen LogP contribution is -2.18. The molecule has 98 valence electrons. The summed E-state index contributed by atoms with van der Waals surface area (Å²) in [5, 5.41) is 8.42. The molecule has 1 aromatic heterocycles. The molecule has 0 fully saturated rings. The van der Waals surface area contributed by atoms with Crippen molar-refractivity contribution in [1.29, 1.82) is 0 Å². The smallest absolute Gasteiger partial charge is 0.234 e. The molecule has 0 atom stereocenters. The topological polar surface area (TPSA) is 41.1 Å². The Morgan fingerprint density at radius 2 is 2.26 bits per heavy atom. The predicted octanol–water partition coefficient (Wildman–Crippen LogP) is 3.71. The van der Waals surface area contributed by atoms with Gasteiger partial charge in [0.25, 0.3) is 0 Å². The zero-order valence-electron chi connectivity index (χ0n) is 10.5. The molecule has 0 saturated heterocycles. The fraction of sp³-hybridized carbons (Fsp3) is 0.214. The Labute approximate surface area is 120 Å². The lowest BCUT2D eigenvalue weighted by Gasteiger charge is -2.17. The summed E-state index contributed by atoms with van der Waals surface area (Å²) >= 11 is 3.35. The molecular formula is C14H14N2OS2. The maximum Gasteiger partial charge on any atom is 0.234 e. The second-order valence-corrected chi connectivity index (χ2v) is 6.45. The first-order valence-electron chi connectivity index (χ1n) is 6.06. The minimum absolute atomic E-state index is 0.0729. The number of benzene rings is 1. The van der Waals surface area contributed by atoms with Gasteiger partial charge >= 0.3 is 0 Å². The van der Waals surface area contributed by atoms with Crippen LogP contribution in [0.5, 0.6) is 0 Å². The van der Waals surface area contributed by atoms with Gasteiger partial charge in [-0.1, -0.05) is 0 Å². The van der Waals surface area contributed by atoms with Crippen molar-refractivity contribution in [2.45, 2.75) is 18.4 Å². The summed E-state index contributed by atoms with van der Waals surface area (Å²) < 4.78 is 0. The molecule has 1 amide bonds. The highest BCUT2D eigenvalue weighted by Gasteiger charge is 2.15. The van der Waals surface area contributed by atoms with Gasteiger partial charge in [0.1, 0.15) is 0 Å². The third kappa shape index (κ3) is 2.77. The molecule has 0 aliphatic carbocycles. The Morgan fingerprint density at radius 1 is 1.37 bits per heavy atom. The van der Waals surface area contributed by atoms with Gasteiger partial charge in [-0.2, -0.15) is 0 Å². The Balaban J connectivity index is 1.74. The molecule has 0 bridgehead atoms. The fourth-order valence-electron chi connectivity index (χ4n) is 1.96. The van der Waals surface area contributed by atoms with Gasteiger partial charge in [0.05, 0.1) is 11.4 Å². The van der Waals surface area contributed by atoms with Crippen LogP contribution in [0.2, 0.25) is 0 Å². The van der Waals surface area contributed by atoms with E-state index in [2.05, 4.69) is 41.1 Å². The molecule has 19 heavy (non-hydrogen) atoms. The number of thiophene rings is 1. The van der Waals surface area contributed by atoms with E-state index in [1.165, 1.54) is 10.4 Å². The zero-order chi connectivity index (χ0) is 13.2. The maximum absolute atomic E-state index is 11.4. The van der Waals surface area contributed by atoms with Crippen molar-refractivity contribution in [2.24, 2.45) is 0 Å². The first-order chi connectivity index (χ1) is 9.22. The summed E-state index contributed by atoms with van der Waals surface area (Å²) in [6.45, 7) is 2.95. The number of hydrogen-bond acceptors (Lipinski definition) is 4. The van der Waals surface area contributed by atoms with Crippen molar-refractivity contribution in [3.05, 3.63) is 40.1 Å². The Morgan fingerprint density at radius 3 is 3.05 bits per heavy atom. The summed E-state index contributed by atoms with van der Waals surface area (Å²) in [7, 11) is 0. The molecular weight excluding hydrogens is 276 g/mol. The van der Waals surface area contributed by atoms with Gasteiger partial charge in [-0.05, 0) is 42.1 Å². The van der Waals surface area contributed by atoms with Crippen molar-refractivity contribution in [3.63, 3.8) is 0 Å². The Hall–Kier alpha value is -1.46. The lowest BCUT2D eigenvalue weighted by molar-refractivity contribution is -0.113. The molecule has 0 saturated carbocycles. The molecule has 1 aliphatic heterocycles. The molecule has 0 spiro atoms. The van der Waals surface area contributed by atoms with Crippen molar-refractivity contribution >= 4 is 40.4 Å². The number of fused-ring (bicyclic) bond motifs is 1. The molecule has 5 heteroatoms. The van der Waals surface area contributed by atoms with Gasteiger partial charge in [0, 0.05) is 22.0 Å². The van der Waals surface area contributed by atoms with Crippen molar-refractivity contribution < 1.29 is 4.79 Å². The molecule has 3 rings (SSSR count). The van der Waals surface area contributed by atoms with Crippen LogP contribution in [-0.4, -0.2) is 11.7 Å². The van der Waals surface area contributed by atoms with Gasteiger partial charge in [-0.25, -0.2) is 0 Å². The quantitative estimate of drug-likeness (QED) is 0.905. The minimum atomic E-state index is 0.0729. The van der Waals surface area contributed by atoms with Gasteiger partial charge in [0.2, 0.25) is 5.91 Å². The van der Waals surface area contributed by atoms with Gasteiger partial charge in [-0.15, -0.1) is 23.1 Å². The molecule has 2 aromatic rings. The number of nitrogens with one attached hydrogen (secondary N) is 2. The number of amides is 1. The van der Waals surface area contributed by atoms with Crippen LogP contribution in [-0.2, 0) is 11.3 Å². The highest BCUT2D eigenvalue weighted by molar-refractivity contribution is 8.00. The van der Waals surface area contributed by atoms with E-state index in [0.717, 1.165) is 22.8 Å². The molecule has 0 radical (unpaired) electrons. The standard InChI is InChI=1S/C14H14N2OS2/c1-9-4-5-18-13(9)7-15-10-2-3-12-11(6-10)16-14(17)8-19-12/h2-6,15H,7-8H2,1H3,(H,16,17). The third-order valence-electron chi connectivity index (χ3n) is 3.03. The average Bonchev–Trinajstić information content (AvgIpc) is 2.81. The van der Waals surface area contributed by atoms with Crippen LogP contribution in [0.3, 0.4) is 0 Å². The van der Waals surface area contributed by atoms with E-state index < -0.39 is 0 Å². The van der Waals surface area contributed by atoms with Crippen LogP contribution < -0.4 is 10.6 Å². The first kappa shape index (κ1) is 12.6. The minimum Gasteiger partial charge on any atom is -0.380 e. The molecule has 2 N–H and O–H groups in total.